The van der Waals surface area contributed by atoms with Gasteiger partial charge in [0, 0.05) is 67.7 Å². The third-order valence-corrected chi connectivity index (χ3v) is 6.70. The first-order chi connectivity index (χ1) is 16.7. The van der Waals surface area contributed by atoms with Crippen LogP contribution in [0.4, 0.5) is 0 Å². The molecule has 6 heterocycles. The summed E-state index contributed by atoms with van der Waals surface area (Å²) in [6.07, 6.45) is 12.4. The number of hydrogen-bond acceptors (Lipinski definition) is 7. The molecule has 10 heteroatoms. The van der Waals surface area contributed by atoms with Gasteiger partial charge >= 0.3 is 0 Å². The lowest BCUT2D eigenvalue weighted by atomic mass is 9.92. The van der Waals surface area contributed by atoms with E-state index >= 15 is 0 Å². The van der Waals surface area contributed by atoms with Gasteiger partial charge in [0.05, 0.1) is 17.8 Å². The van der Waals surface area contributed by atoms with Gasteiger partial charge in [-0.25, -0.2) is 9.97 Å². The number of piperidine rings is 1. The van der Waals surface area contributed by atoms with Crippen LogP contribution in [0, 0.1) is 5.92 Å². The minimum Gasteiger partial charge on any atom is -0.346 e. The number of nitrogens with one attached hydrogen (secondary N) is 1. The number of amides is 1. The average Bonchev–Trinajstić information content (AvgIpc) is 3.62. The number of carbonyl (C=O) groups excluding carboxylic acids is 1. The lowest BCUT2D eigenvalue weighted by Crippen LogP contribution is -2.43. The maximum Gasteiger partial charge on any atom is 0.227 e. The highest BCUT2D eigenvalue weighted by Crippen LogP contribution is 2.34. The molecule has 1 amide bonds. The van der Waals surface area contributed by atoms with Gasteiger partial charge in [-0.1, -0.05) is 12.1 Å². The van der Waals surface area contributed by atoms with Gasteiger partial charge in [0.25, 0.3) is 0 Å². The Hall–Kier alpha value is -4.08. The zero-order valence-corrected chi connectivity index (χ0v) is 18.8. The van der Waals surface area contributed by atoms with Crippen LogP contribution in [0.3, 0.4) is 0 Å². The molecule has 0 aliphatic carbocycles. The highest BCUT2D eigenvalue weighted by Gasteiger charge is 2.31. The normalized spacial score (nSPS) is 18.7. The van der Waals surface area contributed by atoms with Gasteiger partial charge in [0.15, 0.2) is 0 Å². The molecular formula is C24H24N8O2. The van der Waals surface area contributed by atoms with Crippen LogP contribution in [0.25, 0.3) is 33.5 Å². The number of hydrogen-bond donors (Lipinski definition) is 1. The number of likely N-dealkylation sites (tertiary alicyclic amines) is 1. The third-order valence-electron chi connectivity index (χ3n) is 6.70. The number of fused-ring (bicyclic) bond motifs is 3. The molecule has 0 saturated carbocycles. The first kappa shape index (κ1) is 20.5. The molecule has 1 fully saturated rings. The number of carbonyl (C=O) groups is 1. The van der Waals surface area contributed by atoms with Crippen LogP contribution >= 0.6 is 0 Å². The SMILES string of the molecule is C[C@@H]1CCN(C(=O)CCc2nc(-c3cnccn3)no2)C[C@@H]1n1ccc2cnc3[nH]ccc3c21. The van der Waals surface area contributed by atoms with E-state index in [2.05, 4.69) is 59.9 Å². The van der Waals surface area contributed by atoms with Crippen molar-refractivity contribution >= 4 is 27.8 Å². The average molecular weight is 457 g/mol. The number of H-pyrrole nitrogens is 1. The predicted molar refractivity (Wildman–Crippen MR) is 125 cm³/mol. The van der Waals surface area contributed by atoms with E-state index in [1.165, 1.54) is 5.52 Å². The molecule has 1 aliphatic heterocycles. The van der Waals surface area contributed by atoms with Crippen LogP contribution in [-0.4, -0.2) is 58.5 Å². The Bertz CT molecular complexity index is 1450. The molecule has 2 atom stereocenters. The second-order valence-corrected chi connectivity index (χ2v) is 8.80. The quantitative estimate of drug-likeness (QED) is 0.430. The molecule has 10 nitrogen and oxygen atoms in total. The molecule has 1 N–H and O–H groups in total. The number of nitrogens with zero attached hydrogens (tertiary/aromatic N) is 7. The van der Waals surface area contributed by atoms with Crippen LogP contribution in [0.5, 0.6) is 0 Å². The predicted octanol–water partition coefficient (Wildman–Crippen LogP) is 3.40. The Morgan fingerprint density at radius 2 is 2.18 bits per heavy atom. The van der Waals surface area contributed by atoms with E-state index in [1.807, 2.05) is 17.3 Å². The molecule has 1 saturated heterocycles. The standard InChI is InChI=1S/C24H24N8O2/c1-15-5-10-31(21(33)3-2-20-29-24(30-34-20)18-13-25-8-9-26-18)14-19(15)32-11-6-16-12-28-23-17(22(16)32)4-7-27-23/h4,6-9,11-13,15,19H,2-3,5,10,14H2,1H3,(H,27,28)/t15-,19+/m1/s1. The molecule has 0 aromatic carbocycles. The molecule has 0 radical (unpaired) electrons. The van der Waals surface area contributed by atoms with Crippen molar-refractivity contribution in [2.75, 3.05) is 13.1 Å². The maximum atomic E-state index is 13.1. The third kappa shape index (κ3) is 3.60. The van der Waals surface area contributed by atoms with Crippen molar-refractivity contribution in [3.63, 3.8) is 0 Å². The summed E-state index contributed by atoms with van der Waals surface area (Å²) in [7, 11) is 0. The number of rotatable bonds is 5. The summed E-state index contributed by atoms with van der Waals surface area (Å²) in [4.78, 5) is 35.3. The molecule has 6 rings (SSSR count). The lowest BCUT2D eigenvalue weighted by molar-refractivity contribution is -0.133. The summed E-state index contributed by atoms with van der Waals surface area (Å²) in [5.41, 5.74) is 2.59. The van der Waals surface area contributed by atoms with Gasteiger partial charge in [-0.3, -0.25) is 9.78 Å². The van der Waals surface area contributed by atoms with E-state index in [1.54, 1.807) is 18.6 Å². The molecule has 1 aliphatic rings. The molecule has 0 spiro atoms. The van der Waals surface area contributed by atoms with Crippen molar-refractivity contribution in [2.24, 2.45) is 5.92 Å². The molecule has 5 aromatic rings. The smallest absolute Gasteiger partial charge is 0.227 e. The van der Waals surface area contributed by atoms with Gasteiger partial charge in [0.2, 0.25) is 17.6 Å². The van der Waals surface area contributed by atoms with Crippen molar-refractivity contribution in [3.05, 3.63) is 55.2 Å². The van der Waals surface area contributed by atoms with Crippen LogP contribution in [0.1, 0.15) is 31.7 Å². The van der Waals surface area contributed by atoms with E-state index < -0.39 is 0 Å². The van der Waals surface area contributed by atoms with Crippen molar-refractivity contribution in [1.29, 1.82) is 0 Å². The fourth-order valence-electron chi connectivity index (χ4n) is 4.82. The molecule has 0 bridgehead atoms. The zero-order chi connectivity index (χ0) is 23.1. The number of aryl methyl sites for hydroxylation is 1. The Labute approximate surface area is 195 Å². The first-order valence-corrected chi connectivity index (χ1v) is 11.5. The molecular weight excluding hydrogens is 432 g/mol. The zero-order valence-electron chi connectivity index (χ0n) is 18.8. The highest BCUT2D eigenvalue weighted by molar-refractivity contribution is 6.02. The Balaban J connectivity index is 1.17. The highest BCUT2D eigenvalue weighted by atomic mass is 16.5. The summed E-state index contributed by atoms with van der Waals surface area (Å²) in [5.74, 6) is 1.36. The Morgan fingerprint density at radius 3 is 3.06 bits per heavy atom. The number of aromatic nitrogens is 7. The van der Waals surface area contributed by atoms with Crippen LogP contribution in [0.2, 0.25) is 0 Å². The molecule has 0 unspecified atom stereocenters. The lowest BCUT2D eigenvalue weighted by Gasteiger charge is -2.38. The summed E-state index contributed by atoms with van der Waals surface area (Å²) < 4.78 is 7.64. The van der Waals surface area contributed by atoms with Gasteiger partial charge in [-0.15, -0.1) is 0 Å². The second-order valence-electron chi connectivity index (χ2n) is 8.80. The van der Waals surface area contributed by atoms with Gasteiger partial charge < -0.3 is 19.0 Å². The summed E-state index contributed by atoms with van der Waals surface area (Å²) >= 11 is 0. The topological polar surface area (TPSA) is 119 Å². The minimum absolute atomic E-state index is 0.0982. The van der Waals surface area contributed by atoms with Crippen LogP contribution in [-0.2, 0) is 11.2 Å². The monoisotopic (exact) mass is 456 g/mol. The molecule has 34 heavy (non-hydrogen) atoms. The maximum absolute atomic E-state index is 13.1. The summed E-state index contributed by atoms with van der Waals surface area (Å²) in [5, 5.41) is 6.17. The van der Waals surface area contributed by atoms with E-state index in [0.717, 1.165) is 29.4 Å². The van der Waals surface area contributed by atoms with Crippen molar-refractivity contribution in [2.45, 2.75) is 32.2 Å². The fourth-order valence-corrected chi connectivity index (χ4v) is 4.82. The van der Waals surface area contributed by atoms with Crippen LogP contribution < -0.4 is 0 Å². The van der Waals surface area contributed by atoms with Crippen molar-refractivity contribution in [3.8, 4) is 11.5 Å². The number of aromatic amines is 1. The van der Waals surface area contributed by atoms with Crippen molar-refractivity contribution in [1.82, 2.24) is 39.5 Å². The van der Waals surface area contributed by atoms with E-state index in [0.29, 0.717) is 42.7 Å². The Morgan fingerprint density at radius 1 is 1.24 bits per heavy atom. The van der Waals surface area contributed by atoms with Crippen LogP contribution in [0.15, 0.2) is 53.8 Å². The molecule has 5 aromatic heterocycles. The van der Waals surface area contributed by atoms with Gasteiger partial charge in [0.1, 0.15) is 11.3 Å². The Kier molecular flexibility index (Phi) is 5.05. The first-order valence-electron chi connectivity index (χ1n) is 11.5. The summed E-state index contributed by atoms with van der Waals surface area (Å²) in [6, 6.07) is 4.37. The summed E-state index contributed by atoms with van der Waals surface area (Å²) in [6.45, 7) is 3.69. The van der Waals surface area contributed by atoms with Gasteiger partial charge in [-0.2, -0.15) is 4.98 Å². The molecule has 172 valence electrons. The fraction of sp³-hybridized carbons (Fsp3) is 0.333. The van der Waals surface area contributed by atoms with E-state index in [-0.39, 0.29) is 11.9 Å². The van der Waals surface area contributed by atoms with E-state index in [4.69, 9.17) is 4.52 Å². The van der Waals surface area contributed by atoms with E-state index in [9.17, 15) is 4.79 Å². The van der Waals surface area contributed by atoms with Crippen molar-refractivity contribution < 1.29 is 9.32 Å². The largest absolute Gasteiger partial charge is 0.346 e. The van der Waals surface area contributed by atoms with Gasteiger partial charge in [-0.05, 0) is 24.5 Å². The minimum atomic E-state index is 0.0982. The second kappa shape index (κ2) is 8.36. The number of pyridine rings is 1.